The van der Waals surface area contributed by atoms with Gasteiger partial charge < -0.3 is 10.5 Å². The van der Waals surface area contributed by atoms with E-state index in [9.17, 15) is 4.79 Å². The van der Waals surface area contributed by atoms with Gasteiger partial charge in [0.15, 0.2) is 0 Å². The number of ether oxygens (including phenoxy) is 1. The lowest BCUT2D eigenvalue weighted by atomic mass is 10.0. The van der Waals surface area contributed by atoms with Gasteiger partial charge in [-0.3, -0.25) is 0 Å². The van der Waals surface area contributed by atoms with E-state index in [2.05, 4.69) is 10.5 Å². The van der Waals surface area contributed by atoms with Crippen LogP contribution in [0.25, 0.3) is 0 Å². The van der Waals surface area contributed by atoms with Gasteiger partial charge in [-0.05, 0) is 20.8 Å². The number of hydrogen-bond donors (Lipinski definition) is 2. The van der Waals surface area contributed by atoms with Crippen molar-refractivity contribution in [3.8, 4) is 0 Å². The Morgan fingerprint density at radius 3 is 2.77 bits per heavy atom. The van der Waals surface area contributed by atoms with Crippen molar-refractivity contribution in [1.29, 1.82) is 0 Å². The van der Waals surface area contributed by atoms with Gasteiger partial charge in [0.1, 0.15) is 5.60 Å². The SMILES string of the molecule is CC1C/C(=N\NC(N)=O)C(C)(C)O1. The highest BCUT2D eigenvalue weighted by Gasteiger charge is 2.36. The summed E-state index contributed by atoms with van der Waals surface area (Å²) >= 11 is 0. The molecule has 0 aromatic heterocycles. The van der Waals surface area contributed by atoms with Gasteiger partial charge in [0.25, 0.3) is 0 Å². The molecule has 1 aliphatic heterocycles. The molecule has 1 aliphatic rings. The van der Waals surface area contributed by atoms with Gasteiger partial charge in [-0.2, -0.15) is 5.10 Å². The lowest BCUT2D eigenvalue weighted by Crippen LogP contribution is -2.32. The maximum Gasteiger partial charge on any atom is 0.332 e. The van der Waals surface area contributed by atoms with Crippen LogP contribution in [0.2, 0.25) is 0 Å². The van der Waals surface area contributed by atoms with E-state index in [1.165, 1.54) is 0 Å². The molecule has 0 aromatic carbocycles. The van der Waals surface area contributed by atoms with E-state index in [1.807, 2.05) is 20.8 Å². The molecule has 0 aliphatic carbocycles. The number of carbonyl (C=O) groups is 1. The first-order chi connectivity index (χ1) is 5.92. The number of hydrazone groups is 1. The molecule has 13 heavy (non-hydrogen) atoms. The van der Waals surface area contributed by atoms with Gasteiger partial charge in [0.05, 0.1) is 11.8 Å². The van der Waals surface area contributed by atoms with Crippen LogP contribution in [-0.4, -0.2) is 23.4 Å². The summed E-state index contributed by atoms with van der Waals surface area (Å²) in [5.74, 6) is 0. The largest absolute Gasteiger partial charge is 0.366 e. The second-order valence-corrected chi connectivity index (χ2v) is 3.68. The van der Waals surface area contributed by atoms with Crippen molar-refractivity contribution in [2.24, 2.45) is 10.8 Å². The lowest BCUT2D eigenvalue weighted by molar-refractivity contribution is 0.0149. The molecule has 2 amide bonds. The molecule has 0 bridgehead atoms. The van der Waals surface area contributed by atoms with Gasteiger partial charge in [0.2, 0.25) is 0 Å². The number of rotatable bonds is 1. The maximum absolute atomic E-state index is 10.4. The summed E-state index contributed by atoms with van der Waals surface area (Å²) in [4.78, 5) is 10.4. The standard InChI is InChI=1S/C8H15N3O2/c1-5-4-6(8(2,3)13-5)10-11-7(9)12/h5H,4H2,1-3H3,(H3,9,11,12)/b10-6+. The van der Waals surface area contributed by atoms with E-state index in [-0.39, 0.29) is 6.10 Å². The third kappa shape index (κ3) is 2.42. The van der Waals surface area contributed by atoms with E-state index < -0.39 is 11.6 Å². The lowest BCUT2D eigenvalue weighted by Gasteiger charge is -2.18. The average Bonchev–Trinajstić information content (AvgIpc) is 2.19. The first-order valence-corrected chi connectivity index (χ1v) is 4.22. The summed E-state index contributed by atoms with van der Waals surface area (Å²) in [6.45, 7) is 5.80. The monoisotopic (exact) mass is 185 g/mol. The van der Waals surface area contributed by atoms with E-state index in [1.54, 1.807) is 0 Å². The molecule has 0 radical (unpaired) electrons. The molecule has 74 valence electrons. The quantitative estimate of drug-likeness (QED) is 0.587. The summed E-state index contributed by atoms with van der Waals surface area (Å²) in [6.07, 6.45) is 0.872. The zero-order valence-electron chi connectivity index (χ0n) is 8.13. The highest BCUT2D eigenvalue weighted by molar-refractivity contribution is 5.94. The van der Waals surface area contributed by atoms with Crippen molar-refractivity contribution < 1.29 is 9.53 Å². The minimum absolute atomic E-state index is 0.142. The Hall–Kier alpha value is -1.10. The van der Waals surface area contributed by atoms with Gasteiger partial charge in [-0.1, -0.05) is 0 Å². The Balaban J connectivity index is 2.69. The summed E-state index contributed by atoms with van der Waals surface area (Å²) in [5.41, 5.74) is 7.52. The maximum atomic E-state index is 10.4. The van der Waals surface area contributed by atoms with Gasteiger partial charge >= 0.3 is 6.03 Å². The highest BCUT2D eigenvalue weighted by atomic mass is 16.5. The molecule has 3 N–H and O–H groups in total. The third-order valence-corrected chi connectivity index (χ3v) is 1.97. The molecular weight excluding hydrogens is 170 g/mol. The molecule has 1 unspecified atom stereocenters. The summed E-state index contributed by atoms with van der Waals surface area (Å²) < 4.78 is 5.57. The van der Waals surface area contributed by atoms with E-state index in [4.69, 9.17) is 10.5 Å². The molecule has 1 heterocycles. The van der Waals surface area contributed by atoms with Crippen molar-refractivity contribution in [2.45, 2.75) is 38.9 Å². The second kappa shape index (κ2) is 3.33. The highest BCUT2D eigenvalue weighted by Crippen LogP contribution is 2.26. The minimum atomic E-state index is -0.650. The van der Waals surface area contributed by atoms with Crippen LogP contribution in [0, 0.1) is 0 Å². The fraction of sp³-hybridized carbons (Fsp3) is 0.750. The van der Waals surface area contributed by atoms with E-state index >= 15 is 0 Å². The minimum Gasteiger partial charge on any atom is -0.366 e. The van der Waals surface area contributed by atoms with Crippen LogP contribution in [0.5, 0.6) is 0 Å². The molecule has 0 aromatic rings. The van der Waals surface area contributed by atoms with Crippen molar-refractivity contribution in [3.05, 3.63) is 0 Å². The first-order valence-electron chi connectivity index (χ1n) is 4.22. The molecule has 1 saturated heterocycles. The van der Waals surface area contributed by atoms with Crippen LogP contribution >= 0.6 is 0 Å². The number of primary amides is 1. The molecule has 1 atom stereocenters. The van der Waals surface area contributed by atoms with Crippen LogP contribution in [0.4, 0.5) is 4.79 Å². The number of amides is 2. The fourth-order valence-electron chi connectivity index (χ4n) is 1.43. The number of nitrogens with one attached hydrogen (secondary N) is 1. The summed E-state index contributed by atoms with van der Waals surface area (Å²) in [5, 5.41) is 3.89. The predicted octanol–water partition coefficient (Wildman–Crippen LogP) is 0.598. The summed E-state index contributed by atoms with van der Waals surface area (Å²) in [7, 11) is 0. The molecular formula is C8H15N3O2. The molecule has 0 saturated carbocycles. The average molecular weight is 185 g/mol. The van der Waals surface area contributed by atoms with E-state index in [0.29, 0.717) is 0 Å². The third-order valence-electron chi connectivity index (χ3n) is 1.97. The summed E-state index contributed by atoms with van der Waals surface area (Å²) in [6, 6.07) is -0.650. The molecule has 5 heteroatoms. The predicted molar refractivity (Wildman–Crippen MR) is 49.4 cm³/mol. The van der Waals surface area contributed by atoms with Crippen LogP contribution < -0.4 is 11.2 Å². The normalized spacial score (nSPS) is 29.2. The Kier molecular flexibility index (Phi) is 2.56. The van der Waals surface area contributed by atoms with Crippen LogP contribution in [0.15, 0.2) is 5.10 Å². The molecule has 1 fully saturated rings. The van der Waals surface area contributed by atoms with Gasteiger partial charge in [-0.15, -0.1) is 0 Å². The fourth-order valence-corrected chi connectivity index (χ4v) is 1.43. The van der Waals surface area contributed by atoms with Crippen molar-refractivity contribution in [2.75, 3.05) is 0 Å². The Morgan fingerprint density at radius 2 is 2.38 bits per heavy atom. The first kappa shape index (κ1) is 9.98. The van der Waals surface area contributed by atoms with Crippen LogP contribution in [0.1, 0.15) is 27.2 Å². The van der Waals surface area contributed by atoms with Crippen LogP contribution in [0.3, 0.4) is 0 Å². The number of nitrogens with zero attached hydrogens (tertiary/aromatic N) is 1. The van der Waals surface area contributed by atoms with Crippen molar-refractivity contribution in [1.82, 2.24) is 5.43 Å². The molecule has 1 rings (SSSR count). The van der Waals surface area contributed by atoms with E-state index in [0.717, 1.165) is 12.1 Å². The number of nitrogens with two attached hydrogens (primary N) is 1. The Labute approximate surface area is 77.3 Å². The van der Waals surface area contributed by atoms with Crippen LogP contribution in [-0.2, 0) is 4.74 Å². The number of urea groups is 1. The molecule has 5 nitrogen and oxygen atoms in total. The number of carbonyl (C=O) groups excluding carboxylic acids is 1. The topological polar surface area (TPSA) is 76.7 Å². The van der Waals surface area contributed by atoms with Crippen molar-refractivity contribution >= 4 is 11.7 Å². The Bertz CT molecular complexity index is 248. The van der Waals surface area contributed by atoms with Gasteiger partial charge in [-0.25, -0.2) is 10.2 Å². The van der Waals surface area contributed by atoms with Gasteiger partial charge in [0, 0.05) is 6.42 Å². The Morgan fingerprint density at radius 1 is 1.77 bits per heavy atom. The zero-order valence-corrected chi connectivity index (χ0v) is 8.13. The second-order valence-electron chi connectivity index (χ2n) is 3.68. The molecule has 0 spiro atoms. The van der Waals surface area contributed by atoms with Crippen molar-refractivity contribution in [3.63, 3.8) is 0 Å². The smallest absolute Gasteiger partial charge is 0.332 e. The zero-order chi connectivity index (χ0) is 10.1. The number of hydrogen-bond acceptors (Lipinski definition) is 3.